The molecule has 3 heterocycles. The van der Waals surface area contributed by atoms with Crippen LogP contribution in [0, 0.1) is 0 Å². The van der Waals surface area contributed by atoms with Crippen molar-refractivity contribution in [2.45, 2.75) is 0 Å². The Labute approximate surface area is 288 Å². The summed E-state index contributed by atoms with van der Waals surface area (Å²) >= 11 is 0. The van der Waals surface area contributed by atoms with Crippen LogP contribution in [-0.4, -0.2) is 14.5 Å². The van der Waals surface area contributed by atoms with Crippen molar-refractivity contribution in [3.05, 3.63) is 176 Å². The third kappa shape index (κ3) is 4.61. The lowest BCUT2D eigenvalue weighted by Crippen LogP contribution is -1.95. The van der Waals surface area contributed by atoms with E-state index < -0.39 is 0 Å². The molecule has 0 aliphatic carbocycles. The zero-order valence-corrected chi connectivity index (χ0v) is 27.0. The molecule has 4 nitrogen and oxygen atoms in total. The second kappa shape index (κ2) is 11.4. The quantitative estimate of drug-likeness (QED) is 0.188. The van der Waals surface area contributed by atoms with Crippen LogP contribution in [-0.2, 0) is 0 Å². The SMILES string of the molecule is c1ccc(-c2ccc3c(c2)c2ccccc2n3-c2cccc(-c3cccc(-c4nc(-c5ccccc5)c5oc6ccccc6c5n4)c3)c2)cc1. The lowest BCUT2D eigenvalue weighted by atomic mass is 10.0. The van der Waals surface area contributed by atoms with Gasteiger partial charge in [-0.15, -0.1) is 0 Å². The van der Waals surface area contributed by atoms with E-state index in [9.17, 15) is 0 Å². The maximum absolute atomic E-state index is 6.33. The molecule has 7 aromatic carbocycles. The molecule has 4 heteroatoms. The van der Waals surface area contributed by atoms with E-state index in [4.69, 9.17) is 14.4 Å². The number of furan rings is 1. The molecule has 10 rings (SSSR count). The summed E-state index contributed by atoms with van der Waals surface area (Å²) in [4.78, 5) is 10.2. The van der Waals surface area contributed by atoms with Crippen LogP contribution >= 0.6 is 0 Å². The predicted octanol–water partition coefficient (Wildman–Crippen LogP) is 12.1. The maximum Gasteiger partial charge on any atom is 0.180 e. The molecule has 0 bridgehead atoms. The first-order valence-corrected chi connectivity index (χ1v) is 16.8. The summed E-state index contributed by atoms with van der Waals surface area (Å²) in [5, 5.41) is 3.46. The maximum atomic E-state index is 6.33. The average Bonchev–Trinajstić information content (AvgIpc) is 3.74. The molecule has 234 valence electrons. The van der Waals surface area contributed by atoms with Gasteiger partial charge in [0, 0.05) is 33.0 Å². The number of hydrogen-bond acceptors (Lipinski definition) is 3. The molecule has 0 amide bonds. The molecule has 0 spiro atoms. The highest BCUT2D eigenvalue weighted by molar-refractivity contribution is 6.10. The fourth-order valence-electron chi connectivity index (χ4n) is 7.24. The number of hydrogen-bond donors (Lipinski definition) is 0. The van der Waals surface area contributed by atoms with E-state index in [1.165, 1.54) is 32.9 Å². The van der Waals surface area contributed by atoms with Gasteiger partial charge in [-0.1, -0.05) is 127 Å². The Morgan fingerprint density at radius 3 is 1.86 bits per heavy atom. The van der Waals surface area contributed by atoms with E-state index in [2.05, 4.69) is 144 Å². The van der Waals surface area contributed by atoms with Crippen LogP contribution in [0.15, 0.2) is 180 Å². The van der Waals surface area contributed by atoms with Gasteiger partial charge < -0.3 is 8.98 Å². The zero-order valence-electron chi connectivity index (χ0n) is 27.0. The molecular formula is C46H29N3O. The molecule has 0 aliphatic rings. The van der Waals surface area contributed by atoms with Gasteiger partial charge in [-0.05, 0) is 70.8 Å². The van der Waals surface area contributed by atoms with Gasteiger partial charge in [0.2, 0.25) is 0 Å². The number of para-hydroxylation sites is 2. The Balaban J connectivity index is 1.10. The van der Waals surface area contributed by atoms with Gasteiger partial charge in [0.05, 0.1) is 11.0 Å². The van der Waals surface area contributed by atoms with Crippen molar-refractivity contribution in [1.82, 2.24) is 14.5 Å². The minimum Gasteiger partial charge on any atom is -0.452 e. The van der Waals surface area contributed by atoms with E-state index in [0.29, 0.717) is 11.4 Å². The molecule has 0 radical (unpaired) electrons. The van der Waals surface area contributed by atoms with Gasteiger partial charge in [-0.25, -0.2) is 9.97 Å². The Bertz CT molecular complexity index is 2870. The third-order valence-electron chi connectivity index (χ3n) is 9.61. The fraction of sp³-hybridized carbons (Fsp3) is 0. The number of nitrogens with zero attached hydrogens (tertiary/aromatic N) is 3. The summed E-state index contributed by atoms with van der Waals surface area (Å²) in [6.45, 7) is 0. The zero-order chi connectivity index (χ0) is 33.0. The molecule has 0 fully saturated rings. The number of rotatable bonds is 5. The van der Waals surface area contributed by atoms with Gasteiger partial charge in [0.15, 0.2) is 11.4 Å². The standard InChI is InChI=1S/C46H29N3O/c1-3-13-30(14-4-1)34-25-26-41-39(29-34)37-21-7-9-23-40(37)49(41)36-20-12-18-33(28-36)32-17-11-19-35(27-32)46-47-43(31-15-5-2-6-16-31)45-44(48-46)38-22-8-10-24-42(38)50-45/h1-29H. The third-order valence-corrected chi connectivity index (χ3v) is 9.61. The molecule has 0 aliphatic heterocycles. The summed E-state index contributed by atoms with van der Waals surface area (Å²) in [6, 6.07) is 61.6. The van der Waals surface area contributed by atoms with Gasteiger partial charge in [0.1, 0.15) is 16.8 Å². The first-order valence-electron chi connectivity index (χ1n) is 16.8. The molecule has 0 saturated heterocycles. The van der Waals surface area contributed by atoms with Gasteiger partial charge in [-0.2, -0.15) is 0 Å². The van der Waals surface area contributed by atoms with Crippen molar-refractivity contribution in [2.75, 3.05) is 0 Å². The number of aromatic nitrogens is 3. The molecule has 10 aromatic rings. The lowest BCUT2D eigenvalue weighted by Gasteiger charge is -2.12. The highest BCUT2D eigenvalue weighted by Crippen LogP contribution is 2.38. The largest absolute Gasteiger partial charge is 0.452 e. The van der Waals surface area contributed by atoms with E-state index in [0.717, 1.165) is 50.1 Å². The Kier molecular flexibility index (Phi) is 6.46. The monoisotopic (exact) mass is 639 g/mol. The van der Waals surface area contributed by atoms with Crippen LogP contribution in [0.5, 0.6) is 0 Å². The minimum absolute atomic E-state index is 0.664. The van der Waals surface area contributed by atoms with Crippen LogP contribution in [0.1, 0.15) is 0 Å². The molecule has 0 unspecified atom stereocenters. The van der Waals surface area contributed by atoms with Crippen molar-refractivity contribution in [1.29, 1.82) is 0 Å². The first kappa shape index (κ1) is 28.3. The molecule has 0 N–H and O–H groups in total. The normalized spacial score (nSPS) is 11.6. The molecule has 0 saturated carbocycles. The second-order valence-corrected chi connectivity index (χ2v) is 12.6. The lowest BCUT2D eigenvalue weighted by molar-refractivity contribution is 0.667. The van der Waals surface area contributed by atoms with Crippen molar-refractivity contribution in [3.8, 4) is 50.6 Å². The van der Waals surface area contributed by atoms with Crippen LogP contribution in [0.2, 0.25) is 0 Å². The van der Waals surface area contributed by atoms with E-state index in [1.54, 1.807) is 0 Å². The van der Waals surface area contributed by atoms with Crippen LogP contribution in [0.3, 0.4) is 0 Å². The minimum atomic E-state index is 0.664. The number of benzene rings is 7. The topological polar surface area (TPSA) is 43.9 Å². The smallest absolute Gasteiger partial charge is 0.180 e. The molecular weight excluding hydrogens is 611 g/mol. The Hall–Kier alpha value is -6.78. The highest BCUT2D eigenvalue weighted by atomic mass is 16.3. The summed E-state index contributed by atoms with van der Waals surface area (Å²) < 4.78 is 8.71. The first-order chi connectivity index (χ1) is 24.8. The second-order valence-electron chi connectivity index (χ2n) is 12.6. The van der Waals surface area contributed by atoms with Gasteiger partial charge in [0.25, 0.3) is 0 Å². The summed E-state index contributed by atoms with van der Waals surface area (Å²) in [5.74, 6) is 0.664. The fourth-order valence-corrected chi connectivity index (χ4v) is 7.24. The van der Waals surface area contributed by atoms with Crippen molar-refractivity contribution >= 4 is 43.9 Å². The van der Waals surface area contributed by atoms with Gasteiger partial charge in [-0.3, -0.25) is 0 Å². The van der Waals surface area contributed by atoms with Crippen LogP contribution in [0.4, 0.5) is 0 Å². The van der Waals surface area contributed by atoms with E-state index in [1.807, 2.05) is 36.4 Å². The highest BCUT2D eigenvalue weighted by Gasteiger charge is 2.19. The van der Waals surface area contributed by atoms with Gasteiger partial charge >= 0.3 is 0 Å². The Morgan fingerprint density at radius 1 is 0.400 bits per heavy atom. The molecule has 3 aromatic heterocycles. The Morgan fingerprint density at radius 2 is 1.02 bits per heavy atom. The van der Waals surface area contributed by atoms with E-state index in [-0.39, 0.29) is 0 Å². The molecule has 50 heavy (non-hydrogen) atoms. The summed E-state index contributed by atoms with van der Waals surface area (Å²) in [7, 11) is 0. The average molecular weight is 640 g/mol. The van der Waals surface area contributed by atoms with Crippen LogP contribution in [0.25, 0.3) is 94.5 Å². The summed E-state index contributed by atoms with van der Waals surface area (Å²) in [6.07, 6.45) is 0. The van der Waals surface area contributed by atoms with Crippen molar-refractivity contribution in [3.63, 3.8) is 0 Å². The van der Waals surface area contributed by atoms with Crippen molar-refractivity contribution < 1.29 is 4.42 Å². The van der Waals surface area contributed by atoms with Crippen LogP contribution < -0.4 is 0 Å². The predicted molar refractivity (Wildman–Crippen MR) is 205 cm³/mol. The number of fused-ring (bicyclic) bond motifs is 6. The van der Waals surface area contributed by atoms with E-state index >= 15 is 0 Å². The molecule has 0 atom stereocenters. The van der Waals surface area contributed by atoms with Crippen molar-refractivity contribution in [2.24, 2.45) is 0 Å². The summed E-state index contributed by atoms with van der Waals surface area (Å²) in [5.41, 5.74) is 13.2.